The summed E-state index contributed by atoms with van der Waals surface area (Å²) in [6.45, 7) is 4.51. The Morgan fingerprint density at radius 3 is 2.74 bits per heavy atom. The van der Waals surface area contributed by atoms with E-state index in [9.17, 15) is 14.7 Å². The predicted molar refractivity (Wildman–Crippen MR) is 168 cm³/mol. The lowest BCUT2D eigenvalue weighted by atomic mass is 9.94. The Morgan fingerprint density at radius 2 is 1.95 bits per heavy atom. The summed E-state index contributed by atoms with van der Waals surface area (Å²) in [7, 11) is 0. The molecule has 1 amide bonds. The van der Waals surface area contributed by atoms with E-state index in [0.29, 0.717) is 45.0 Å². The van der Waals surface area contributed by atoms with Crippen LogP contribution in [0.15, 0.2) is 76.6 Å². The zero-order valence-corrected chi connectivity index (χ0v) is 25.8. The zero-order chi connectivity index (χ0) is 30.1. The van der Waals surface area contributed by atoms with E-state index in [1.165, 1.54) is 28.0 Å². The van der Waals surface area contributed by atoms with Gasteiger partial charge in [0, 0.05) is 22.8 Å². The smallest absolute Gasteiger partial charge is 0.301 e. The van der Waals surface area contributed by atoms with Crippen molar-refractivity contribution in [2.24, 2.45) is 0 Å². The van der Waals surface area contributed by atoms with Crippen molar-refractivity contribution in [2.45, 2.75) is 48.9 Å². The number of ether oxygens (including phenoxy) is 2. The van der Waals surface area contributed by atoms with Crippen LogP contribution in [0.25, 0.3) is 5.76 Å². The number of amides is 1. The number of aliphatic hydroxyl groups excluding tert-OH is 1. The molecule has 0 spiro atoms. The van der Waals surface area contributed by atoms with E-state index >= 15 is 0 Å². The van der Waals surface area contributed by atoms with Crippen LogP contribution < -0.4 is 14.4 Å². The molecule has 0 saturated carbocycles. The minimum Gasteiger partial charge on any atom is -0.507 e. The average molecular weight is 634 g/mol. The quantitative estimate of drug-likeness (QED) is 0.0678. The molecule has 0 bridgehead atoms. The van der Waals surface area contributed by atoms with Crippen molar-refractivity contribution in [1.29, 1.82) is 0 Å². The van der Waals surface area contributed by atoms with Crippen molar-refractivity contribution in [3.63, 3.8) is 0 Å². The second kappa shape index (κ2) is 12.4. The molecule has 0 unspecified atom stereocenters. The van der Waals surface area contributed by atoms with Crippen molar-refractivity contribution in [3.05, 3.63) is 99.6 Å². The highest BCUT2D eigenvalue weighted by Crippen LogP contribution is 2.45. The summed E-state index contributed by atoms with van der Waals surface area (Å²) in [6, 6.07) is 19.1. The van der Waals surface area contributed by atoms with Gasteiger partial charge in [-0.2, -0.15) is 0 Å². The van der Waals surface area contributed by atoms with Crippen molar-refractivity contribution in [2.75, 3.05) is 11.5 Å². The molecule has 2 atom stereocenters. The molecular weight excluding hydrogens is 606 g/mol. The number of anilines is 1. The molecule has 3 aromatic carbocycles. The lowest BCUT2D eigenvalue weighted by Gasteiger charge is -2.23. The number of rotatable bonds is 9. The standard InChI is InChI=1S/C32H28ClN3O5S2/c1-3-13-40-24-6-4-5-20(16-24)27-26(28(37)21-9-12-25-22(15-21)14-18(2)41-25)29(38)30(39)36(27)31-34-35-32(43-31)42-17-19-7-10-23(33)11-8-19/h4-12,15-16,18,27,37H,3,13-14,17H2,1-2H3/t18-,27+/m1/s1. The number of fused-ring (bicyclic) bond motifs is 1. The first kappa shape index (κ1) is 29.2. The number of halogens is 1. The SMILES string of the molecule is CCCOc1cccc([C@H]2C(=C(O)c3ccc4c(c3)C[C@@H](C)O4)C(=O)C(=O)N2c2nnc(SCc3ccc(Cl)cc3)s2)c1. The lowest BCUT2D eigenvalue weighted by molar-refractivity contribution is -0.132. The molecule has 1 saturated heterocycles. The third-order valence-corrected chi connectivity index (χ3v) is 9.52. The van der Waals surface area contributed by atoms with Gasteiger partial charge in [-0.1, -0.05) is 65.9 Å². The number of Topliss-reactive ketones (excluding diaryl/α,β-unsaturated/α-hetero) is 1. The van der Waals surface area contributed by atoms with Crippen LogP contribution in [0.2, 0.25) is 5.02 Å². The van der Waals surface area contributed by atoms with Crippen LogP contribution in [-0.2, 0) is 21.8 Å². The highest BCUT2D eigenvalue weighted by atomic mass is 35.5. The van der Waals surface area contributed by atoms with Gasteiger partial charge in [0.1, 0.15) is 23.4 Å². The number of thioether (sulfide) groups is 1. The maximum Gasteiger partial charge on any atom is 0.301 e. The molecule has 0 aliphatic carbocycles. The summed E-state index contributed by atoms with van der Waals surface area (Å²) in [4.78, 5) is 28.6. The fourth-order valence-electron chi connectivity index (χ4n) is 5.15. The number of carbonyl (C=O) groups is 2. The Kier molecular flexibility index (Phi) is 8.43. The molecule has 220 valence electrons. The molecule has 1 fully saturated rings. The third kappa shape index (κ3) is 6.00. The minimum absolute atomic E-state index is 0.0184. The maximum atomic E-state index is 13.7. The lowest BCUT2D eigenvalue weighted by Crippen LogP contribution is -2.29. The molecule has 0 radical (unpaired) electrons. The van der Waals surface area contributed by atoms with Crippen LogP contribution in [0.1, 0.15) is 48.6 Å². The molecule has 4 aromatic rings. The second-order valence-electron chi connectivity index (χ2n) is 10.3. The van der Waals surface area contributed by atoms with Crippen molar-refractivity contribution >= 4 is 57.3 Å². The highest BCUT2D eigenvalue weighted by Gasteiger charge is 2.48. The van der Waals surface area contributed by atoms with E-state index in [1.54, 1.807) is 18.2 Å². The number of aromatic nitrogens is 2. The summed E-state index contributed by atoms with van der Waals surface area (Å²) in [5.41, 5.74) is 3.02. The monoisotopic (exact) mass is 633 g/mol. The number of carbonyl (C=O) groups excluding carboxylic acids is 2. The van der Waals surface area contributed by atoms with Crippen LogP contribution in [-0.4, -0.2) is 39.7 Å². The molecule has 6 rings (SSSR count). The van der Waals surface area contributed by atoms with Crippen LogP contribution in [0.4, 0.5) is 5.13 Å². The Balaban J connectivity index is 1.39. The summed E-state index contributed by atoms with van der Waals surface area (Å²) in [5.74, 6) is 0.151. The van der Waals surface area contributed by atoms with Gasteiger partial charge >= 0.3 is 5.91 Å². The van der Waals surface area contributed by atoms with Gasteiger partial charge in [0.05, 0.1) is 18.2 Å². The van der Waals surface area contributed by atoms with E-state index in [0.717, 1.165) is 23.3 Å². The van der Waals surface area contributed by atoms with E-state index in [4.69, 9.17) is 21.1 Å². The highest BCUT2D eigenvalue weighted by molar-refractivity contribution is 8.00. The molecule has 1 aromatic heterocycles. The predicted octanol–water partition coefficient (Wildman–Crippen LogP) is 7.22. The van der Waals surface area contributed by atoms with Gasteiger partial charge in [-0.3, -0.25) is 14.5 Å². The Labute approximate surface area is 262 Å². The van der Waals surface area contributed by atoms with Gasteiger partial charge in [-0.05, 0) is 72.5 Å². The van der Waals surface area contributed by atoms with Crippen LogP contribution >= 0.6 is 34.7 Å². The maximum absolute atomic E-state index is 13.7. The van der Waals surface area contributed by atoms with E-state index in [-0.39, 0.29) is 22.6 Å². The van der Waals surface area contributed by atoms with Crippen molar-refractivity contribution in [1.82, 2.24) is 10.2 Å². The van der Waals surface area contributed by atoms with Crippen molar-refractivity contribution < 1.29 is 24.2 Å². The van der Waals surface area contributed by atoms with E-state index < -0.39 is 17.7 Å². The molecule has 11 heteroatoms. The fourth-order valence-corrected chi connectivity index (χ4v) is 7.10. The second-order valence-corrected chi connectivity index (χ2v) is 12.9. The molecule has 1 N–H and O–H groups in total. The molecule has 8 nitrogen and oxygen atoms in total. The fraction of sp³-hybridized carbons (Fsp3) is 0.250. The zero-order valence-electron chi connectivity index (χ0n) is 23.5. The Bertz CT molecular complexity index is 1720. The normalized spacial score (nSPS) is 19.0. The van der Waals surface area contributed by atoms with Crippen LogP contribution in [0, 0.1) is 0 Å². The molecule has 43 heavy (non-hydrogen) atoms. The van der Waals surface area contributed by atoms with Gasteiger partial charge in [0.15, 0.2) is 4.34 Å². The summed E-state index contributed by atoms with van der Waals surface area (Å²) in [6.07, 6.45) is 1.53. The van der Waals surface area contributed by atoms with Crippen LogP contribution in [0.5, 0.6) is 11.5 Å². The van der Waals surface area contributed by atoms with Gasteiger partial charge in [0.2, 0.25) is 5.13 Å². The van der Waals surface area contributed by atoms with E-state index in [1.807, 2.05) is 62.4 Å². The van der Waals surface area contributed by atoms with Gasteiger partial charge in [-0.25, -0.2) is 0 Å². The molecular formula is C32H28ClN3O5S2. The average Bonchev–Trinajstić information content (AvgIpc) is 3.70. The van der Waals surface area contributed by atoms with Crippen LogP contribution in [0.3, 0.4) is 0 Å². The molecule has 2 aliphatic rings. The van der Waals surface area contributed by atoms with E-state index in [2.05, 4.69) is 10.2 Å². The summed E-state index contributed by atoms with van der Waals surface area (Å²) in [5, 5.41) is 21.1. The molecule has 3 heterocycles. The first-order valence-corrected chi connectivity index (χ1v) is 16.0. The topological polar surface area (TPSA) is 102 Å². The van der Waals surface area contributed by atoms with Crippen molar-refractivity contribution in [3.8, 4) is 11.5 Å². The minimum atomic E-state index is -0.935. The first-order valence-electron chi connectivity index (χ1n) is 13.9. The number of benzene rings is 3. The number of hydrogen-bond acceptors (Lipinski definition) is 9. The number of nitrogens with zero attached hydrogens (tertiary/aromatic N) is 3. The molecule has 2 aliphatic heterocycles. The third-order valence-electron chi connectivity index (χ3n) is 7.14. The number of hydrogen-bond donors (Lipinski definition) is 1. The first-order chi connectivity index (χ1) is 20.8. The van der Waals surface area contributed by atoms with Gasteiger partial charge < -0.3 is 14.6 Å². The van der Waals surface area contributed by atoms with Gasteiger partial charge in [0.25, 0.3) is 5.78 Å². The number of ketones is 1. The summed E-state index contributed by atoms with van der Waals surface area (Å²) < 4.78 is 12.3. The largest absolute Gasteiger partial charge is 0.507 e. The number of aliphatic hydroxyl groups is 1. The Hall–Kier alpha value is -3.86. The Morgan fingerprint density at radius 1 is 1.14 bits per heavy atom. The van der Waals surface area contributed by atoms with Gasteiger partial charge in [-0.15, -0.1) is 10.2 Å². The summed E-state index contributed by atoms with van der Waals surface area (Å²) >= 11 is 8.69.